The number of rotatable bonds is 4. The molecule has 1 unspecified atom stereocenters. The second kappa shape index (κ2) is 6.09. The largest absolute Gasteiger partial charge is 0.458 e. The Bertz CT molecular complexity index is 478. The van der Waals surface area contributed by atoms with E-state index in [2.05, 4.69) is 26.2 Å². The molecule has 0 aliphatic carbocycles. The van der Waals surface area contributed by atoms with Gasteiger partial charge in [0.25, 0.3) is 0 Å². The van der Waals surface area contributed by atoms with Crippen LogP contribution in [0.1, 0.15) is 32.2 Å². The summed E-state index contributed by atoms with van der Waals surface area (Å²) in [6.07, 6.45) is 0.801. The zero-order valence-corrected chi connectivity index (χ0v) is 14.3. The molecule has 7 heteroatoms. The zero-order chi connectivity index (χ0) is 14.8. The van der Waals surface area contributed by atoms with E-state index in [9.17, 15) is 4.79 Å². The van der Waals surface area contributed by atoms with Gasteiger partial charge in [-0.15, -0.1) is 11.3 Å². The van der Waals surface area contributed by atoms with Gasteiger partial charge in [0.15, 0.2) is 0 Å². The molecule has 0 bridgehead atoms. The number of esters is 1. The smallest absolute Gasteiger partial charge is 0.332 e. The molecule has 1 aromatic rings. The molecule has 0 amide bonds. The summed E-state index contributed by atoms with van der Waals surface area (Å²) in [5, 5.41) is 6.08. The number of thiazole rings is 1. The maximum Gasteiger partial charge on any atom is 0.332 e. The van der Waals surface area contributed by atoms with Crippen molar-refractivity contribution in [3.63, 3.8) is 0 Å². The number of aromatic nitrogens is 1. The van der Waals surface area contributed by atoms with Crippen molar-refractivity contribution in [3.8, 4) is 0 Å². The summed E-state index contributed by atoms with van der Waals surface area (Å²) in [6.45, 7) is 6.98. The molecular weight excluding hydrogens is 344 g/mol. The molecule has 1 saturated heterocycles. The second-order valence-corrected chi connectivity index (χ2v) is 7.44. The number of hydrogen-bond donors (Lipinski definition) is 1. The number of carbonyl (C=O) groups excluding carboxylic acids is 1. The molecule has 1 aliphatic heterocycles. The van der Waals surface area contributed by atoms with Gasteiger partial charge in [0.1, 0.15) is 27.4 Å². The molecule has 0 saturated carbocycles. The third kappa shape index (κ3) is 4.00. The first-order valence-electron chi connectivity index (χ1n) is 6.49. The van der Waals surface area contributed by atoms with Gasteiger partial charge < -0.3 is 14.8 Å². The predicted octanol–water partition coefficient (Wildman–Crippen LogP) is 2.45. The lowest BCUT2D eigenvalue weighted by Crippen LogP contribution is -2.36. The molecule has 2 heterocycles. The number of ether oxygens (including phenoxy) is 2. The molecule has 5 nitrogen and oxygen atoms in total. The van der Waals surface area contributed by atoms with E-state index in [1.54, 1.807) is 0 Å². The minimum absolute atomic E-state index is 0.0594. The highest BCUT2D eigenvalue weighted by Gasteiger charge is 2.40. The van der Waals surface area contributed by atoms with Gasteiger partial charge >= 0.3 is 5.97 Å². The maximum absolute atomic E-state index is 11.8. The van der Waals surface area contributed by atoms with E-state index in [1.807, 2.05) is 26.2 Å². The SMILES string of the molecule is CC(C)(C)OC(=O)COC1(c2nc(Br)cs2)CCNC1. The average Bonchev–Trinajstić information content (AvgIpc) is 2.93. The summed E-state index contributed by atoms with van der Waals surface area (Å²) in [7, 11) is 0. The fraction of sp³-hybridized carbons (Fsp3) is 0.692. The second-order valence-electron chi connectivity index (χ2n) is 5.77. The van der Waals surface area contributed by atoms with Gasteiger partial charge in [0, 0.05) is 11.9 Å². The lowest BCUT2D eigenvalue weighted by Gasteiger charge is -2.27. The van der Waals surface area contributed by atoms with Crippen molar-refractivity contribution >= 4 is 33.2 Å². The van der Waals surface area contributed by atoms with Crippen LogP contribution in [-0.2, 0) is 19.9 Å². The molecular formula is C13H19BrN2O3S. The Morgan fingerprint density at radius 3 is 2.85 bits per heavy atom. The van der Waals surface area contributed by atoms with Crippen LogP contribution in [0.4, 0.5) is 0 Å². The summed E-state index contributed by atoms with van der Waals surface area (Å²) in [6, 6.07) is 0. The van der Waals surface area contributed by atoms with Crippen LogP contribution in [-0.4, -0.2) is 36.3 Å². The van der Waals surface area contributed by atoms with Gasteiger partial charge in [-0.3, -0.25) is 0 Å². The van der Waals surface area contributed by atoms with Gasteiger partial charge in [-0.1, -0.05) is 0 Å². The first-order valence-corrected chi connectivity index (χ1v) is 8.16. The molecule has 0 radical (unpaired) electrons. The van der Waals surface area contributed by atoms with Crippen LogP contribution in [0.5, 0.6) is 0 Å². The van der Waals surface area contributed by atoms with Crippen molar-refractivity contribution in [2.45, 2.75) is 38.4 Å². The van der Waals surface area contributed by atoms with Gasteiger partial charge in [-0.25, -0.2) is 9.78 Å². The Hall–Kier alpha value is -0.500. The van der Waals surface area contributed by atoms with Crippen molar-refractivity contribution in [3.05, 3.63) is 15.0 Å². The van der Waals surface area contributed by atoms with Crippen molar-refractivity contribution in [2.24, 2.45) is 0 Å². The quantitative estimate of drug-likeness (QED) is 0.833. The lowest BCUT2D eigenvalue weighted by molar-refractivity contribution is -0.167. The van der Waals surface area contributed by atoms with Crippen LogP contribution < -0.4 is 5.32 Å². The van der Waals surface area contributed by atoms with Crippen molar-refractivity contribution in [1.82, 2.24) is 10.3 Å². The molecule has 2 rings (SSSR count). The first-order chi connectivity index (χ1) is 9.31. The van der Waals surface area contributed by atoms with Crippen molar-refractivity contribution < 1.29 is 14.3 Å². The van der Waals surface area contributed by atoms with Crippen LogP contribution in [0.15, 0.2) is 9.98 Å². The minimum atomic E-state index is -0.520. The van der Waals surface area contributed by atoms with Gasteiger partial charge in [0.2, 0.25) is 0 Å². The highest BCUT2D eigenvalue weighted by atomic mass is 79.9. The topological polar surface area (TPSA) is 60.5 Å². The molecule has 112 valence electrons. The van der Waals surface area contributed by atoms with E-state index in [0.29, 0.717) is 6.54 Å². The lowest BCUT2D eigenvalue weighted by atomic mass is 10.0. The Morgan fingerprint density at radius 1 is 1.60 bits per heavy atom. The maximum atomic E-state index is 11.8. The number of carbonyl (C=O) groups is 1. The van der Waals surface area contributed by atoms with E-state index in [-0.39, 0.29) is 12.6 Å². The summed E-state index contributed by atoms with van der Waals surface area (Å²) in [4.78, 5) is 16.2. The van der Waals surface area contributed by atoms with Crippen LogP contribution in [0.25, 0.3) is 0 Å². The predicted molar refractivity (Wildman–Crippen MR) is 80.8 cm³/mol. The first kappa shape index (κ1) is 15.9. The number of hydrogen-bond acceptors (Lipinski definition) is 6. The average molecular weight is 363 g/mol. The van der Waals surface area contributed by atoms with E-state index >= 15 is 0 Å². The van der Waals surface area contributed by atoms with Gasteiger partial charge in [0.05, 0.1) is 0 Å². The Labute approximate surface area is 131 Å². The number of nitrogens with one attached hydrogen (secondary N) is 1. The molecule has 1 N–H and O–H groups in total. The van der Waals surface area contributed by atoms with E-state index in [4.69, 9.17) is 9.47 Å². The Balaban J connectivity index is 2.02. The zero-order valence-electron chi connectivity index (χ0n) is 11.9. The fourth-order valence-corrected chi connectivity index (χ4v) is 3.50. The fourth-order valence-electron chi connectivity index (χ4n) is 2.07. The van der Waals surface area contributed by atoms with Crippen LogP contribution in [0.2, 0.25) is 0 Å². The van der Waals surface area contributed by atoms with Crippen molar-refractivity contribution in [1.29, 1.82) is 0 Å². The molecule has 1 aliphatic rings. The highest BCUT2D eigenvalue weighted by Crippen LogP contribution is 2.35. The van der Waals surface area contributed by atoms with Crippen LogP contribution >= 0.6 is 27.3 Å². The summed E-state index contributed by atoms with van der Waals surface area (Å²) < 4.78 is 12.0. The molecule has 1 fully saturated rings. The summed E-state index contributed by atoms with van der Waals surface area (Å²) in [5.41, 5.74) is -1.01. The van der Waals surface area contributed by atoms with Crippen LogP contribution in [0.3, 0.4) is 0 Å². The molecule has 0 aromatic carbocycles. The minimum Gasteiger partial charge on any atom is -0.458 e. The third-order valence-electron chi connectivity index (χ3n) is 2.87. The highest BCUT2D eigenvalue weighted by molar-refractivity contribution is 9.10. The molecule has 20 heavy (non-hydrogen) atoms. The molecule has 1 atom stereocenters. The van der Waals surface area contributed by atoms with Crippen LogP contribution in [0, 0.1) is 0 Å². The standard InChI is InChI=1S/C13H19BrN2O3S/c1-12(2,3)19-10(17)6-18-13(4-5-15-8-13)11-16-9(14)7-20-11/h7,15H,4-6,8H2,1-3H3. The van der Waals surface area contributed by atoms with E-state index < -0.39 is 11.2 Å². The monoisotopic (exact) mass is 362 g/mol. The normalized spacial score (nSPS) is 23.0. The van der Waals surface area contributed by atoms with E-state index in [0.717, 1.165) is 22.6 Å². The molecule has 0 spiro atoms. The van der Waals surface area contributed by atoms with Gasteiger partial charge in [-0.05, 0) is 49.7 Å². The summed E-state index contributed by atoms with van der Waals surface area (Å²) >= 11 is 4.89. The molecule has 1 aromatic heterocycles. The Kier molecular flexibility index (Phi) is 4.84. The Morgan fingerprint density at radius 2 is 2.35 bits per heavy atom. The number of halogens is 1. The van der Waals surface area contributed by atoms with Gasteiger partial charge in [-0.2, -0.15) is 0 Å². The third-order valence-corrected chi connectivity index (χ3v) is 4.61. The van der Waals surface area contributed by atoms with Crippen molar-refractivity contribution in [2.75, 3.05) is 19.7 Å². The summed E-state index contributed by atoms with van der Waals surface area (Å²) in [5.74, 6) is -0.348. The number of nitrogens with zero attached hydrogens (tertiary/aromatic N) is 1. The van der Waals surface area contributed by atoms with E-state index in [1.165, 1.54) is 11.3 Å².